The van der Waals surface area contributed by atoms with Crippen LogP contribution in [0.1, 0.15) is 41.8 Å². The Hall–Kier alpha value is -3.23. The Morgan fingerprint density at radius 3 is 2.86 bits per heavy atom. The maximum absolute atomic E-state index is 13.5. The van der Waals surface area contributed by atoms with Gasteiger partial charge in [0.2, 0.25) is 5.43 Å². The average Bonchev–Trinajstić information content (AvgIpc) is 3.27. The largest absolute Gasteiger partial charge is 0.507 e. The first-order valence-corrected chi connectivity index (χ1v) is 12.9. The summed E-state index contributed by atoms with van der Waals surface area (Å²) in [6.45, 7) is 6.69. The Kier molecular flexibility index (Phi) is 5.38. The fourth-order valence-electron chi connectivity index (χ4n) is 5.78. The lowest BCUT2D eigenvalue weighted by molar-refractivity contribution is 0.113. The highest BCUT2D eigenvalue weighted by atomic mass is 32.1. The van der Waals surface area contributed by atoms with E-state index in [-0.39, 0.29) is 22.7 Å². The summed E-state index contributed by atoms with van der Waals surface area (Å²) in [5.41, 5.74) is 4.18. The number of aromatic nitrogens is 2. The molecule has 4 aromatic rings. The fourth-order valence-corrected chi connectivity index (χ4v) is 6.58. The van der Waals surface area contributed by atoms with Crippen LogP contribution in [0.3, 0.4) is 0 Å². The van der Waals surface area contributed by atoms with Gasteiger partial charge in [-0.2, -0.15) is 0 Å². The number of hydrogen-bond donors (Lipinski definition) is 1. The molecule has 1 N–H and O–H groups in total. The van der Waals surface area contributed by atoms with E-state index < -0.39 is 0 Å². The minimum Gasteiger partial charge on any atom is -0.507 e. The third kappa shape index (κ3) is 3.72. The van der Waals surface area contributed by atoms with Crippen molar-refractivity contribution in [3.05, 3.63) is 79.0 Å². The van der Waals surface area contributed by atoms with Crippen molar-refractivity contribution in [2.75, 3.05) is 13.1 Å². The van der Waals surface area contributed by atoms with E-state index in [1.54, 1.807) is 12.1 Å². The van der Waals surface area contributed by atoms with E-state index in [9.17, 15) is 14.7 Å². The van der Waals surface area contributed by atoms with Crippen molar-refractivity contribution in [2.24, 2.45) is 5.92 Å². The van der Waals surface area contributed by atoms with Crippen molar-refractivity contribution in [2.45, 2.75) is 45.7 Å². The summed E-state index contributed by atoms with van der Waals surface area (Å²) in [4.78, 5) is 32.6. The van der Waals surface area contributed by atoms with Gasteiger partial charge in [-0.05, 0) is 43.4 Å². The zero-order chi connectivity index (χ0) is 24.3. The maximum atomic E-state index is 13.5. The molecule has 0 saturated carbocycles. The molecule has 2 aliphatic heterocycles. The van der Waals surface area contributed by atoms with Gasteiger partial charge >= 0.3 is 0 Å². The first kappa shape index (κ1) is 22.2. The van der Waals surface area contributed by atoms with Crippen LogP contribution in [0, 0.1) is 12.8 Å². The molecular formula is C27H27N3O4S. The molecule has 0 aliphatic carbocycles. The highest BCUT2D eigenvalue weighted by Crippen LogP contribution is 2.38. The van der Waals surface area contributed by atoms with Gasteiger partial charge in [-0.1, -0.05) is 13.0 Å². The van der Waals surface area contributed by atoms with Crippen LogP contribution in [-0.4, -0.2) is 32.6 Å². The highest BCUT2D eigenvalue weighted by molar-refractivity contribution is 7.13. The summed E-state index contributed by atoms with van der Waals surface area (Å²) in [5, 5.41) is 14.2. The summed E-state index contributed by atoms with van der Waals surface area (Å²) < 4.78 is 7.96. The number of fused-ring (bicyclic) bond motifs is 5. The summed E-state index contributed by atoms with van der Waals surface area (Å²) >= 11 is 1.42. The first-order chi connectivity index (χ1) is 16.9. The van der Waals surface area contributed by atoms with Crippen LogP contribution >= 0.6 is 11.3 Å². The Labute approximate surface area is 206 Å². The predicted octanol–water partition coefficient (Wildman–Crippen LogP) is 4.27. The maximum Gasteiger partial charge on any atom is 0.250 e. The molecule has 0 spiro atoms. The van der Waals surface area contributed by atoms with Crippen molar-refractivity contribution >= 4 is 22.3 Å². The van der Waals surface area contributed by atoms with Gasteiger partial charge in [-0.15, -0.1) is 11.3 Å². The van der Waals surface area contributed by atoms with Gasteiger partial charge in [0.1, 0.15) is 22.6 Å². The van der Waals surface area contributed by atoms with E-state index in [4.69, 9.17) is 4.42 Å². The number of phenols is 1. The number of benzene rings is 1. The van der Waals surface area contributed by atoms with Gasteiger partial charge < -0.3 is 14.1 Å². The van der Waals surface area contributed by atoms with E-state index in [1.165, 1.54) is 17.6 Å². The number of aromatic hydroxyl groups is 1. The number of phenolic OH excluding ortho intramolecular Hbond substituents is 1. The first-order valence-electron chi connectivity index (χ1n) is 12.1. The zero-order valence-corrected chi connectivity index (χ0v) is 20.6. The summed E-state index contributed by atoms with van der Waals surface area (Å²) in [6.07, 6.45) is 3.15. The van der Waals surface area contributed by atoms with Crippen LogP contribution in [0.2, 0.25) is 0 Å². The van der Waals surface area contributed by atoms with E-state index in [1.807, 2.05) is 29.9 Å². The number of aryl methyl sites for hydroxylation is 2. The molecule has 2 atom stereocenters. The van der Waals surface area contributed by atoms with Crippen LogP contribution in [-0.2, 0) is 19.5 Å². The van der Waals surface area contributed by atoms with E-state index in [0.717, 1.165) is 43.0 Å². The number of nitrogens with zero attached hydrogens (tertiary/aromatic N) is 3. The number of piperidine rings is 1. The second-order valence-electron chi connectivity index (χ2n) is 9.76. The van der Waals surface area contributed by atoms with Crippen LogP contribution in [0.15, 0.2) is 49.9 Å². The molecule has 6 rings (SSSR count). The minimum atomic E-state index is -0.125. The molecule has 2 aliphatic rings. The van der Waals surface area contributed by atoms with Crippen molar-refractivity contribution in [1.29, 1.82) is 0 Å². The van der Waals surface area contributed by atoms with Crippen molar-refractivity contribution in [3.63, 3.8) is 0 Å². The number of pyridine rings is 1. The topological polar surface area (TPSA) is 88.6 Å². The molecule has 35 heavy (non-hydrogen) atoms. The number of rotatable bonds is 4. The lowest BCUT2D eigenvalue weighted by Gasteiger charge is -2.42. The van der Waals surface area contributed by atoms with Crippen LogP contribution < -0.4 is 11.0 Å². The van der Waals surface area contributed by atoms with E-state index in [2.05, 4.69) is 16.0 Å². The van der Waals surface area contributed by atoms with Gasteiger partial charge in [0.15, 0.2) is 0 Å². The summed E-state index contributed by atoms with van der Waals surface area (Å²) in [5.74, 6) is 0.843. The van der Waals surface area contributed by atoms with Gasteiger partial charge in [0.05, 0.1) is 16.5 Å². The minimum absolute atomic E-state index is 0.0675. The van der Waals surface area contributed by atoms with Crippen LogP contribution in [0.4, 0.5) is 0 Å². The Morgan fingerprint density at radius 1 is 1.23 bits per heavy atom. The SMILES string of the molecule is CCc1cc2c(=O)c(-c3nc(C)cs3)coc2c(CN2C[C@H]3C[C@@H](C2)c2cccc(=O)n2C3)c1O. The normalized spacial score (nSPS) is 19.7. The number of hydrogen-bond acceptors (Lipinski definition) is 7. The molecule has 1 aromatic carbocycles. The Bertz CT molecular complexity index is 1570. The van der Waals surface area contributed by atoms with Crippen molar-refractivity contribution in [3.8, 4) is 16.3 Å². The molecule has 1 fully saturated rings. The smallest absolute Gasteiger partial charge is 0.250 e. The second-order valence-corrected chi connectivity index (χ2v) is 10.6. The third-order valence-corrected chi connectivity index (χ3v) is 8.37. The molecule has 0 radical (unpaired) electrons. The van der Waals surface area contributed by atoms with E-state index >= 15 is 0 Å². The molecule has 0 amide bonds. The molecule has 2 bridgehead atoms. The standard InChI is InChI=1S/C27H27N3O4S/c1-3-17-8-19-25(33)21(27-28-15(2)14-35-27)13-34-26(19)20(24(17)32)12-29-9-16-7-18(11-29)22-5-4-6-23(31)30(22)10-16/h4-6,8,13-14,16,18,32H,3,7,9-12H2,1-2H3/t16-,18+/m1/s1. The molecular weight excluding hydrogens is 462 g/mol. The van der Waals surface area contributed by atoms with Gasteiger partial charge in [0.25, 0.3) is 5.56 Å². The zero-order valence-electron chi connectivity index (χ0n) is 19.8. The predicted molar refractivity (Wildman–Crippen MR) is 136 cm³/mol. The molecule has 1 saturated heterocycles. The lowest BCUT2D eigenvalue weighted by atomic mass is 9.83. The van der Waals surface area contributed by atoms with E-state index in [0.29, 0.717) is 46.0 Å². The van der Waals surface area contributed by atoms with Crippen molar-refractivity contribution in [1.82, 2.24) is 14.5 Å². The third-order valence-electron chi connectivity index (χ3n) is 7.38. The van der Waals surface area contributed by atoms with Crippen LogP contribution in [0.5, 0.6) is 5.75 Å². The van der Waals surface area contributed by atoms with Crippen LogP contribution in [0.25, 0.3) is 21.5 Å². The van der Waals surface area contributed by atoms with Gasteiger partial charge in [0, 0.05) is 54.9 Å². The quantitative estimate of drug-likeness (QED) is 0.461. The second kappa shape index (κ2) is 8.46. The summed E-state index contributed by atoms with van der Waals surface area (Å²) in [7, 11) is 0. The summed E-state index contributed by atoms with van der Waals surface area (Å²) in [6, 6.07) is 7.29. The fraction of sp³-hybridized carbons (Fsp3) is 0.370. The van der Waals surface area contributed by atoms with Crippen molar-refractivity contribution < 1.29 is 9.52 Å². The van der Waals surface area contributed by atoms with Gasteiger partial charge in [-0.25, -0.2) is 4.98 Å². The molecule has 5 heterocycles. The molecule has 0 unspecified atom stereocenters. The molecule has 3 aromatic heterocycles. The Morgan fingerprint density at radius 2 is 2.09 bits per heavy atom. The number of thiazole rings is 1. The lowest BCUT2D eigenvalue weighted by Crippen LogP contribution is -2.46. The van der Waals surface area contributed by atoms with Gasteiger partial charge in [-0.3, -0.25) is 14.5 Å². The Balaban J connectivity index is 1.40. The monoisotopic (exact) mass is 489 g/mol. The average molecular weight is 490 g/mol. The molecule has 7 nitrogen and oxygen atoms in total. The molecule has 8 heteroatoms. The number of likely N-dealkylation sites (tertiary alicyclic amines) is 1. The molecule has 180 valence electrons. The highest BCUT2D eigenvalue weighted by Gasteiger charge is 2.35.